The van der Waals surface area contributed by atoms with Crippen LogP contribution in [0.5, 0.6) is 5.75 Å². The molecular weight excluding hydrogens is 319 g/mol. The summed E-state index contributed by atoms with van der Waals surface area (Å²) in [7, 11) is -3.88. The van der Waals surface area contributed by atoms with Gasteiger partial charge in [-0.15, -0.1) is 0 Å². The van der Waals surface area contributed by atoms with Crippen LogP contribution in [0.2, 0.25) is 0 Å². The van der Waals surface area contributed by atoms with Gasteiger partial charge < -0.3 is 4.74 Å². The van der Waals surface area contributed by atoms with Gasteiger partial charge in [-0.2, -0.15) is 0 Å². The average Bonchev–Trinajstić information content (AvgIpc) is 2.45. The highest BCUT2D eigenvalue weighted by Gasteiger charge is 2.33. The van der Waals surface area contributed by atoms with Gasteiger partial charge in [0.2, 0.25) is 9.84 Å². The van der Waals surface area contributed by atoms with Crippen molar-refractivity contribution in [3.05, 3.63) is 53.8 Å². The summed E-state index contributed by atoms with van der Waals surface area (Å²) in [5.74, 6) is -0.480. The van der Waals surface area contributed by atoms with Crippen molar-refractivity contribution in [2.24, 2.45) is 0 Å². The summed E-state index contributed by atoms with van der Waals surface area (Å²) in [6, 6.07) is 8.92. The average molecular weight is 334 g/mol. The highest BCUT2D eigenvalue weighted by Crippen LogP contribution is 2.35. The lowest BCUT2D eigenvalue weighted by Gasteiger charge is -2.31. The summed E-state index contributed by atoms with van der Waals surface area (Å²) >= 11 is 0. The van der Waals surface area contributed by atoms with Gasteiger partial charge in [0.25, 0.3) is 0 Å². The molecule has 4 nitrogen and oxygen atoms in total. The van der Waals surface area contributed by atoms with Crippen molar-refractivity contribution in [3.63, 3.8) is 0 Å². The zero-order valence-corrected chi connectivity index (χ0v) is 13.5. The van der Waals surface area contributed by atoms with Gasteiger partial charge in [0.15, 0.2) is 5.78 Å². The fraction of sp³-hybridized carbons (Fsp3) is 0.235. The molecule has 0 atom stereocenters. The van der Waals surface area contributed by atoms with Crippen LogP contribution in [0.25, 0.3) is 0 Å². The minimum atomic E-state index is -3.88. The topological polar surface area (TPSA) is 60.4 Å². The van der Waals surface area contributed by atoms with Crippen molar-refractivity contribution in [1.82, 2.24) is 0 Å². The second-order valence-electron chi connectivity index (χ2n) is 6.08. The van der Waals surface area contributed by atoms with Crippen LogP contribution >= 0.6 is 0 Å². The number of halogens is 1. The summed E-state index contributed by atoms with van der Waals surface area (Å²) in [6.45, 7) is 3.53. The molecule has 0 amide bonds. The van der Waals surface area contributed by atoms with Crippen LogP contribution in [0.15, 0.2) is 52.3 Å². The molecule has 0 aromatic heterocycles. The first kappa shape index (κ1) is 15.7. The van der Waals surface area contributed by atoms with Crippen molar-refractivity contribution in [1.29, 1.82) is 0 Å². The van der Waals surface area contributed by atoms with Crippen molar-refractivity contribution in [2.75, 3.05) is 0 Å². The number of fused-ring (bicyclic) bond motifs is 1. The number of hydrogen-bond donors (Lipinski definition) is 0. The maximum Gasteiger partial charge on any atom is 0.206 e. The lowest BCUT2D eigenvalue weighted by Crippen LogP contribution is -2.35. The highest BCUT2D eigenvalue weighted by molar-refractivity contribution is 7.91. The maximum atomic E-state index is 13.3. The fourth-order valence-corrected chi connectivity index (χ4v) is 3.88. The molecular formula is C17H15FO4S. The Morgan fingerprint density at radius 2 is 1.78 bits per heavy atom. The predicted molar refractivity (Wildman–Crippen MR) is 81.9 cm³/mol. The minimum absolute atomic E-state index is 0.0349. The highest BCUT2D eigenvalue weighted by atomic mass is 32.2. The summed E-state index contributed by atoms with van der Waals surface area (Å²) in [5.41, 5.74) is -0.326. The van der Waals surface area contributed by atoms with E-state index in [1.165, 1.54) is 36.4 Å². The van der Waals surface area contributed by atoms with Crippen molar-refractivity contribution < 1.29 is 22.3 Å². The van der Waals surface area contributed by atoms with Gasteiger partial charge in [0.1, 0.15) is 17.2 Å². The van der Waals surface area contributed by atoms with Gasteiger partial charge in [-0.05, 0) is 50.2 Å². The summed E-state index contributed by atoms with van der Waals surface area (Å²) in [4.78, 5) is 11.9. The standard InChI is InChI=1S/C17H15FO4S/c1-17(2)10-15(19)14-7-6-13(9-16(14)22-17)23(20,21)12-5-3-4-11(18)8-12/h3-9H,10H2,1-2H3. The number of carbonyl (C=O) groups excluding carboxylic acids is 1. The fourth-order valence-electron chi connectivity index (χ4n) is 2.57. The molecule has 2 aromatic rings. The maximum absolute atomic E-state index is 13.3. The van der Waals surface area contributed by atoms with E-state index in [9.17, 15) is 17.6 Å². The van der Waals surface area contributed by atoms with E-state index in [4.69, 9.17) is 4.74 Å². The van der Waals surface area contributed by atoms with Gasteiger partial charge in [0.05, 0.1) is 21.8 Å². The number of Topliss-reactive ketones (excluding diaryl/α,β-unsaturated/α-hetero) is 1. The van der Waals surface area contributed by atoms with E-state index < -0.39 is 21.3 Å². The Labute approximate surface area is 133 Å². The predicted octanol–water partition coefficient (Wildman–Crippen LogP) is 3.40. The third kappa shape index (κ3) is 2.86. The molecule has 3 rings (SSSR count). The Hall–Kier alpha value is -2.21. The van der Waals surface area contributed by atoms with Crippen LogP contribution in [-0.2, 0) is 9.84 Å². The van der Waals surface area contributed by atoms with E-state index in [-0.39, 0.29) is 27.7 Å². The second kappa shape index (κ2) is 5.16. The van der Waals surface area contributed by atoms with E-state index in [0.717, 1.165) is 6.07 Å². The molecule has 0 saturated heterocycles. The van der Waals surface area contributed by atoms with Crippen LogP contribution in [0, 0.1) is 5.82 Å². The quantitative estimate of drug-likeness (QED) is 0.844. The number of ether oxygens (including phenoxy) is 1. The zero-order chi connectivity index (χ0) is 16.8. The third-order valence-corrected chi connectivity index (χ3v) is 5.39. The molecule has 0 N–H and O–H groups in total. The van der Waals surface area contributed by atoms with Crippen LogP contribution in [-0.4, -0.2) is 19.8 Å². The van der Waals surface area contributed by atoms with Crippen LogP contribution in [0.4, 0.5) is 4.39 Å². The molecule has 120 valence electrons. The van der Waals surface area contributed by atoms with Crippen LogP contribution < -0.4 is 4.74 Å². The Balaban J connectivity index is 2.10. The van der Waals surface area contributed by atoms with Crippen molar-refractivity contribution >= 4 is 15.6 Å². The Morgan fingerprint density at radius 3 is 2.48 bits per heavy atom. The van der Waals surface area contributed by atoms with Crippen molar-refractivity contribution in [3.8, 4) is 5.75 Å². The molecule has 1 aliphatic rings. The number of rotatable bonds is 2. The lowest BCUT2D eigenvalue weighted by molar-refractivity contribution is 0.0618. The van der Waals surface area contributed by atoms with Gasteiger partial charge >= 0.3 is 0 Å². The minimum Gasteiger partial charge on any atom is -0.487 e. The van der Waals surface area contributed by atoms with E-state index >= 15 is 0 Å². The van der Waals surface area contributed by atoms with Gasteiger partial charge in [-0.3, -0.25) is 4.79 Å². The van der Waals surface area contributed by atoms with E-state index in [1.54, 1.807) is 13.8 Å². The molecule has 0 bridgehead atoms. The summed E-state index contributed by atoms with van der Waals surface area (Å²) < 4.78 is 44.2. The molecule has 0 spiro atoms. The van der Waals surface area contributed by atoms with Crippen LogP contribution in [0.3, 0.4) is 0 Å². The Bertz CT molecular complexity index is 901. The molecule has 6 heteroatoms. The normalized spacial score (nSPS) is 16.6. The van der Waals surface area contributed by atoms with E-state index in [2.05, 4.69) is 0 Å². The molecule has 0 aliphatic carbocycles. The first-order valence-electron chi connectivity index (χ1n) is 7.06. The number of sulfone groups is 1. The molecule has 0 saturated carbocycles. The number of hydrogen-bond acceptors (Lipinski definition) is 4. The van der Waals surface area contributed by atoms with E-state index in [0.29, 0.717) is 5.56 Å². The number of ketones is 1. The molecule has 1 heterocycles. The molecule has 23 heavy (non-hydrogen) atoms. The molecule has 2 aromatic carbocycles. The Morgan fingerprint density at radius 1 is 1.09 bits per heavy atom. The number of carbonyl (C=O) groups is 1. The second-order valence-corrected chi connectivity index (χ2v) is 8.03. The van der Waals surface area contributed by atoms with Gasteiger partial charge in [0, 0.05) is 0 Å². The van der Waals surface area contributed by atoms with E-state index in [1.807, 2.05) is 0 Å². The van der Waals surface area contributed by atoms with Gasteiger partial charge in [-0.25, -0.2) is 12.8 Å². The largest absolute Gasteiger partial charge is 0.487 e. The molecule has 0 radical (unpaired) electrons. The first-order chi connectivity index (χ1) is 10.7. The van der Waals surface area contributed by atoms with Crippen LogP contribution in [0.1, 0.15) is 30.6 Å². The first-order valence-corrected chi connectivity index (χ1v) is 8.54. The monoisotopic (exact) mass is 334 g/mol. The SMILES string of the molecule is CC1(C)CC(=O)c2ccc(S(=O)(=O)c3cccc(F)c3)cc2O1. The zero-order valence-electron chi connectivity index (χ0n) is 12.7. The number of benzene rings is 2. The molecule has 0 unspecified atom stereocenters. The van der Waals surface area contributed by atoms with Gasteiger partial charge in [-0.1, -0.05) is 6.07 Å². The lowest BCUT2D eigenvalue weighted by atomic mass is 9.93. The summed E-state index contributed by atoms with van der Waals surface area (Å²) in [6.07, 6.45) is 0.232. The molecule has 0 fully saturated rings. The smallest absolute Gasteiger partial charge is 0.206 e. The van der Waals surface area contributed by atoms with Crippen molar-refractivity contribution in [2.45, 2.75) is 35.7 Å². The Kier molecular flexibility index (Phi) is 3.52. The molecule has 1 aliphatic heterocycles. The third-order valence-electron chi connectivity index (χ3n) is 3.64. The summed E-state index contributed by atoms with van der Waals surface area (Å²) in [5, 5.41) is 0.